The second-order valence-electron chi connectivity index (χ2n) is 3.62. The first-order chi connectivity index (χ1) is 6.29. The van der Waals surface area contributed by atoms with Crippen LogP contribution < -0.4 is 5.32 Å². The Morgan fingerprint density at radius 1 is 1.69 bits per heavy atom. The maximum absolute atomic E-state index is 5.83. The predicted molar refractivity (Wildman–Crippen MR) is 58.4 cm³/mol. The zero-order chi connectivity index (χ0) is 9.26. The third-order valence-corrected chi connectivity index (χ3v) is 3.89. The lowest BCUT2D eigenvalue weighted by molar-refractivity contribution is 0.627. The van der Waals surface area contributed by atoms with Crippen LogP contribution in [0.3, 0.4) is 0 Å². The van der Waals surface area contributed by atoms with Crippen molar-refractivity contribution in [2.75, 3.05) is 0 Å². The van der Waals surface area contributed by atoms with E-state index in [0.717, 1.165) is 23.5 Å². The Bertz CT molecular complexity index is 284. The van der Waals surface area contributed by atoms with E-state index in [4.69, 9.17) is 11.6 Å². The summed E-state index contributed by atoms with van der Waals surface area (Å²) in [5.74, 6) is 0.926. The fraction of sp³-hybridized carbons (Fsp3) is 0.600. The molecule has 1 N–H and O–H groups in total. The van der Waals surface area contributed by atoms with Crippen LogP contribution in [0.25, 0.3) is 0 Å². The molecule has 0 aromatic carbocycles. The summed E-state index contributed by atoms with van der Waals surface area (Å²) in [6, 6.07) is 2.81. The Hall–Kier alpha value is -0.0500. The Labute approximate surface area is 88.1 Å². The topological polar surface area (TPSA) is 12.0 Å². The fourth-order valence-corrected chi connectivity index (χ4v) is 2.65. The van der Waals surface area contributed by atoms with Crippen molar-refractivity contribution in [2.24, 2.45) is 5.92 Å². The largest absolute Gasteiger partial charge is 0.309 e. The third-order valence-electron chi connectivity index (χ3n) is 2.61. The van der Waals surface area contributed by atoms with E-state index in [1.165, 1.54) is 17.7 Å². The Balaban J connectivity index is 1.75. The van der Waals surface area contributed by atoms with Crippen molar-refractivity contribution in [1.82, 2.24) is 5.32 Å². The minimum atomic E-state index is 0.769. The van der Waals surface area contributed by atoms with E-state index >= 15 is 0 Å². The van der Waals surface area contributed by atoms with Gasteiger partial charge in [0.05, 0.1) is 5.02 Å². The fourth-order valence-electron chi connectivity index (χ4n) is 1.63. The molecule has 0 bridgehead atoms. The standard InChI is InChI=1S/C10H14ClNS/c1-2-7-3-10(7)12-5-9-4-8(11)6-13-9/h4,6-7,10,12H,2-3,5H2,1H3. The zero-order valence-electron chi connectivity index (χ0n) is 7.72. The highest BCUT2D eigenvalue weighted by molar-refractivity contribution is 7.10. The molecule has 1 fully saturated rings. The van der Waals surface area contributed by atoms with Gasteiger partial charge in [-0.05, 0) is 18.4 Å². The van der Waals surface area contributed by atoms with Crippen molar-refractivity contribution in [3.63, 3.8) is 0 Å². The molecule has 1 aliphatic rings. The molecular formula is C10H14ClNS. The van der Waals surface area contributed by atoms with Crippen molar-refractivity contribution in [2.45, 2.75) is 32.4 Å². The molecule has 0 aliphatic heterocycles. The molecule has 2 atom stereocenters. The van der Waals surface area contributed by atoms with Gasteiger partial charge < -0.3 is 5.32 Å². The lowest BCUT2D eigenvalue weighted by Crippen LogP contribution is -2.16. The average molecular weight is 216 g/mol. The van der Waals surface area contributed by atoms with Gasteiger partial charge in [0, 0.05) is 22.8 Å². The van der Waals surface area contributed by atoms with E-state index in [1.807, 2.05) is 11.4 Å². The predicted octanol–water partition coefficient (Wildman–Crippen LogP) is 3.29. The van der Waals surface area contributed by atoms with Gasteiger partial charge in [0.1, 0.15) is 0 Å². The summed E-state index contributed by atoms with van der Waals surface area (Å²) in [7, 11) is 0. The Morgan fingerprint density at radius 3 is 3.08 bits per heavy atom. The molecule has 1 nitrogen and oxygen atoms in total. The summed E-state index contributed by atoms with van der Waals surface area (Å²) in [6.07, 6.45) is 2.67. The normalized spacial score (nSPS) is 26.3. The number of hydrogen-bond acceptors (Lipinski definition) is 2. The van der Waals surface area contributed by atoms with Crippen LogP contribution in [0.15, 0.2) is 11.4 Å². The molecule has 0 saturated heterocycles. The van der Waals surface area contributed by atoms with Crippen molar-refractivity contribution in [3.05, 3.63) is 21.3 Å². The van der Waals surface area contributed by atoms with Crippen LogP contribution in [0.4, 0.5) is 0 Å². The quantitative estimate of drug-likeness (QED) is 0.813. The van der Waals surface area contributed by atoms with Crippen LogP contribution in [-0.4, -0.2) is 6.04 Å². The minimum Gasteiger partial charge on any atom is -0.309 e. The van der Waals surface area contributed by atoms with E-state index in [2.05, 4.69) is 12.2 Å². The number of halogens is 1. The van der Waals surface area contributed by atoms with Crippen molar-refractivity contribution in [3.8, 4) is 0 Å². The monoisotopic (exact) mass is 215 g/mol. The van der Waals surface area contributed by atoms with Crippen LogP contribution in [-0.2, 0) is 6.54 Å². The molecule has 72 valence electrons. The first kappa shape index (κ1) is 9.50. The van der Waals surface area contributed by atoms with Crippen LogP contribution in [0, 0.1) is 5.92 Å². The highest BCUT2D eigenvalue weighted by Crippen LogP contribution is 2.33. The molecule has 3 heteroatoms. The number of thiophene rings is 1. The molecule has 0 amide bonds. The molecule has 0 spiro atoms. The van der Waals surface area contributed by atoms with E-state index in [1.54, 1.807) is 11.3 Å². The highest BCUT2D eigenvalue weighted by Gasteiger charge is 2.34. The molecule has 1 saturated carbocycles. The number of nitrogens with one attached hydrogen (secondary N) is 1. The van der Waals surface area contributed by atoms with Gasteiger partial charge in [-0.1, -0.05) is 24.9 Å². The second-order valence-corrected chi connectivity index (χ2v) is 5.05. The summed E-state index contributed by atoms with van der Waals surface area (Å²) >= 11 is 7.56. The van der Waals surface area contributed by atoms with Gasteiger partial charge in [-0.15, -0.1) is 11.3 Å². The molecule has 1 aliphatic carbocycles. The van der Waals surface area contributed by atoms with Crippen LogP contribution >= 0.6 is 22.9 Å². The maximum Gasteiger partial charge on any atom is 0.0516 e. The van der Waals surface area contributed by atoms with E-state index < -0.39 is 0 Å². The molecule has 0 radical (unpaired) electrons. The van der Waals surface area contributed by atoms with Gasteiger partial charge in [0.25, 0.3) is 0 Å². The first-order valence-corrected chi connectivity index (χ1v) is 6.01. The summed E-state index contributed by atoms with van der Waals surface area (Å²) in [5, 5.41) is 6.39. The molecule has 13 heavy (non-hydrogen) atoms. The summed E-state index contributed by atoms with van der Waals surface area (Å²) < 4.78 is 0. The van der Waals surface area contributed by atoms with Crippen molar-refractivity contribution in [1.29, 1.82) is 0 Å². The van der Waals surface area contributed by atoms with Gasteiger partial charge in [0.15, 0.2) is 0 Å². The Kier molecular flexibility index (Phi) is 2.92. The van der Waals surface area contributed by atoms with Crippen LogP contribution in [0.2, 0.25) is 5.02 Å². The van der Waals surface area contributed by atoms with E-state index in [0.29, 0.717) is 0 Å². The summed E-state index contributed by atoms with van der Waals surface area (Å²) in [5.41, 5.74) is 0. The zero-order valence-corrected chi connectivity index (χ0v) is 9.29. The van der Waals surface area contributed by atoms with Gasteiger partial charge in [-0.2, -0.15) is 0 Å². The maximum atomic E-state index is 5.83. The van der Waals surface area contributed by atoms with Gasteiger partial charge in [0.2, 0.25) is 0 Å². The number of hydrogen-bond donors (Lipinski definition) is 1. The first-order valence-electron chi connectivity index (χ1n) is 4.76. The van der Waals surface area contributed by atoms with Gasteiger partial charge in [-0.3, -0.25) is 0 Å². The van der Waals surface area contributed by atoms with E-state index in [9.17, 15) is 0 Å². The molecular weight excluding hydrogens is 202 g/mol. The summed E-state index contributed by atoms with van der Waals surface area (Å²) in [6.45, 7) is 3.24. The minimum absolute atomic E-state index is 0.769. The van der Waals surface area contributed by atoms with Gasteiger partial charge >= 0.3 is 0 Å². The molecule has 1 heterocycles. The Morgan fingerprint density at radius 2 is 2.54 bits per heavy atom. The molecule has 1 aromatic heterocycles. The average Bonchev–Trinajstić information content (AvgIpc) is 2.78. The third kappa shape index (κ3) is 2.46. The SMILES string of the molecule is CCC1CC1NCc1cc(Cl)cs1. The molecule has 1 aromatic rings. The second kappa shape index (κ2) is 3.99. The number of rotatable bonds is 4. The van der Waals surface area contributed by atoms with Gasteiger partial charge in [-0.25, -0.2) is 0 Å². The highest BCUT2D eigenvalue weighted by atomic mass is 35.5. The van der Waals surface area contributed by atoms with Crippen LogP contribution in [0.5, 0.6) is 0 Å². The lowest BCUT2D eigenvalue weighted by atomic mass is 10.3. The molecule has 2 rings (SSSR count). The van der Waals surface area contributed by atoms with Crippen molar-refractivity contribution >= 4 is 22.9 Å². The van der Waals surface area contributed by atoms with Crippen molar-refractivity contribution < 1.29 is 0 Å². The smallest absolute Gasteiger partial charge is 0.0516 e. The van der Waals surface area contributed by atoms with Crippen LogP contribution in [0.1, 0.15) is 24.6 Å². The summed E-state index contributed by atoms with van der Waals surface area (Å²) in [4.78, 5) is 1.34. The lowest BCUT2D eigenvalue weighted by Gasteiger charge is -1.99. The van der Waals surface area contributed by atoms with E-state index in [-0.39, 0.29) is 0 Å². The molecule has 2 unspecified atom stereocenters.